The second kappa shape index (κ2) is 9.63. The van der Waals surface area contributed by atoms with E-state index in [-0.39, 0.29) is 17.6 Å². The molecule has 0 radical (unpaired) electrons. The average Bonchev–Trinajstić information content (AvgIpc) is 3.42. The van der Waals surface area contributed by atoms with E-state index in [1.807, 2.05) is 13.1 Å². The highest BCUT2D eigenvalue weighted by atomic mass is 19.1. The van der Waals surface area contributed by atoms with Crippen molar-refractivity contribution in [1.82, 2.24) is 9.97 Å². The number of amides is 1. The molecule has 1 aromatic carbocycles. The molecule has 5 rings (SSSR count). The molecular weight excluding hydrogens is 453 g/mol. The van der Waals surface area contributed by atoms with E-state index in [1.54, 1.807) is 44.3 Å². The van der Waals surface area contributed by atoms with Crippen LogP contribution in [0.5, 0.6) is 0 Å². The Morgan fingerprint density at radius 3 is 2.53 bits per heavy atom. The number of aromatic nitrogens is 2. The molecular formula is C30H32FN3O2. The van der Waals surface area contributed by atoms with Crippen LogP contribution >= 0.6 is 0 Å². The van der Waals surface area contributed by atoms with E-state index in [1.165, 1.54) is 11.6 Å². The van der Waals surface area contributed by atoms with Crippen molar-refractivity contribution in [3.63, 3.8) is 0 Å². The number of carbonyl (C=O) groups is 1. The van der Waals surface area contributed by atoms with Gasteiger partial charge in [-0.05, 0) is 105 Å². The van der Waals surface area contributed by atoms with E-state index < -0.39 is 5.60 Å². The molecule has 0 spiro atoms. The summed E-state index contributed by atoms with van der Waals surface area (Å²) < 4.78 is 13.9. The van der Waals surface area contributed by atoms with Crippen molar-refractivity contribution in [3.8, 4) is 11.8 Å². The van der Waals surface area contributed by atoms with E-state index >= 15 is 0 Å². The van der Waals surface area contributed by atoms with Gasteiger partial charge < -0.3 is 10.4 Å². The van der Waals surface area contributed by atoms with Crippen LogP contribution in [0.25, 0.3) is 10.9 Å². The van der Waals surface area contributed by atoms with Gasteiger partial charge in [0, 0.05) is 29.3 Å². The molecule has 2 aromatic heterocycles. The molecule has 2 N–H and O–H groups in total. The normalized spacial score (nSPS) is 24.1. The molecule has 6 heteroatoms. The van der Waals surface area contributed by atoms with Gasteiger partial charge in [0.05, 0.1) is 5.52 Å². The second-order valence-electron chi connectivity index (χ2n) is 11.0. The van der Waals surface area contributed by atoms with Gasteiger partial charge in [-0.15, -0.1) is 0 Å². The lowest BCUT2D eigenvalue weighted by atomic mass is 9.86. The number of carbonyl (C=O) groups excluding carboxylic acids is 1. The first-order valence-electron chi connectivity index (χ1n) is 12.7. The van der Waals surface area contributed by atoms with Crippen LogP contribution in [0.1, 0.15) is 63.5 Å². The number of aliphatic hydroxyl groups is 1. The number of hydrogen-bond acceptors (Lipinski definition) is 4. The van der Waals surface area contributed by atoms with Crippen LogP contribution in [0, 0.1) is 41.3 Å². The number of nitrogens with one attached hydrogen (secondary N) is 1. The molecule has 2 fully saturated rings. The first kappa shape index (κ1) is 24.4. The zero-order valence-electron chi connectivity index (χ0n) is 21.0. The SMILES string of the molecule is CC(C(=O)Nc1ccc(C#CC(C)(C)O)cn1)[C@@H]1C[C@H]2CC(c3ccnc4ccc(F)cc34)C[C@H]2C1. The first-order valence-corrected chi connectivity index (χ1v) is 12.7. The van der Waals surface area contributed by atoms with Crippen molar-refractivity contribution < 1.29 is 14.3 Å². The third kappa shape index (κ3) is 5.27. The minimum atomic E-state index is -1.06. The topological polar surface area (TPSA) is 75.1 Å². The lowest BCUT2D eigenvalue weighted by molar-refractivity contribution is -0.120. The van der Waals surface area contributed by atoms with Crippen LogP contribution in [-0.2, 0) is 4.79 Å². The highest BCUT2D eigenvalue weighted by molar-refractivity contribution is 5.91. The maximum Gasteiger partial charge on any atom is 0.228 e. The van der Waals surface area contributed by atoms with Crippen LogP contribution < -0.4 is 5.32 Å². The number of anilines is 1. The monoisotopic (exact) mass is 485 g/mol. The van der Waals surface area contributed by atoms with Gasteiger partial charge in [-0.3, -0.25) is 9.78 Å². The number of hydrogen-bond donors (Lipinski definition) is 2. The van der Waals surface area contributed by atoms with Crippen LogP contribution in [0.4, 0.5) is 10.2 Å². The standard InChI is InChI=1S/C30H32FN3O2/c1-18(29(35)34-28-7-4-19(17-33-28)8-10-30(2,3)36)20-12-21-14-23(15-22(21)13-20)25-9-11-32-27-6-5-24(31)16-26(25)27/h4-7,9,11,16-18,20-23,36H,12-15H2,1-3H3,(H,33,34,35)/t18?,20-,21+,22-,23?. The lowest BCUT2D eigenvalue weighted by Crippen LogP contribution is -2.26. The number of nitrogens with zero attached hydrogens (tertiary/aromatic N) is 2. The van der Waals surface area contributed by atoms with Gasteiger partial charge in [-0.1, -0.05) is 18.8 Å². The Labute approximate surface area is 211 Å². The summed E-state index contributed by atoms with van der Waals surface area (Å²) in [5.41, 5.74) is 1.68. The van der Waals surface area contributed by atoms with Gasteiger partial charge in [0.2, 0.25) is 5.91 Å². The molecule has 0 saturated heterocycles. The molecule has 2 heterocycles. The van der Waals surface area contributed by atoms with E-state index in [4.69, 9.17) is 0 Å². The van der Waals surface area contributed by atoms with Crippen LogP contribution in [-0.4, -0.2) is 26.6 Å². The van der Waals surface area contributed by atoms with Crippen molar-refractivity contribution in [2.24, 2.45) is 23.7 Å². The van der Waals surface area contributed by atoms with E-state index in [9.17, 15) is 14.3 Å². The fraction of sp³-hybridized carbons (Fsp3) is 0.433. The van der Waals surface area contributed by atoms with Gasteiger partial charge in [-0.2, -0.15) is 0 Å². The van der Waals surface area contributed by atoms with Crippen molar-refractivity contribution in [2.45, 2.75) is 58.0 Å². The average molecular weight is 486 g/mol. The summed E-state index contributed by atoms with van der Waals surface area (Å²) in [6, 6.07) is 10.4. The lowest BCUT2D eigenvalue weighted by Gasteiger charge is -2.21. The Bertz CT molecular complexity index is 1320. The quantitative estimate of drug-likeness (QED) is 0.466. The summed E-state index contributed by atoms with van der Waals surface area (Å²) in [6.45, 7) is 5.27. The Kier molecular flexibility index (Phi) is 6.53. The van der Waals surface area contributed by atoms with E-state index in [2.05, 4.69) is 33.2 Å². The molecule has 1 amide bonds. The van der Waals surface area contributed by atoms with E-state index in [0.29, 0.717) is 35.1 Å². The maximum atomic E-state index is 13.9. The summed E-state index contributed by atoms with van der Waals surface area (Å²) in [4.78, 5) is 21.7. The van der Waals surface area contributed by atoms with Crippen molar-refractivity contribution in [2.75, 3.05) is 5.32 Å². The Morgan fingerprint density at radius 2 is 1.86 bits per heavy atom. The Balaban J connectivity index is 1.19. The number of fused-ring (bicyclic) bond motifs is 2. The van der Waals surface area contributed by atoms with Gasteiger partial charge in [0.15, 0.2) is 0 Å². The van der Waals surface area contributed by atoms with Gasteiger partial charge in [0.1, 0.15) is 17.2 Å². The smallest absolute Gasteiger partial charge is 0.228 e. The molecule has 5 nitrogen and oxygen atoms in total. The molecule has 2 saturated carbocycles. The van der Waals surface area contributed by atoms with Crippen molar-refractivity contribution in [1.29, 1.82) is 0 Å². The first-order chi connectivity index (χ1) is 17.2. The van der Waals surface area contributed by atoms with Crippen LogP contribution in [0.15, 0.2) is 48.8 Å². The van der Waals surface area contributed by atoms with Crippen molar-refractivity contribution >= 4 is 22.6 Å². The number of halogens is 1. The molecule has 0 aliphatic heterocycles. The van der Waals surface area contributed by atoms with Gasteiger partial charge in [-0.25, -0.2) is 9.37 Å². The van der Waals surface area contributed by atoms with Crippen molar-refractivity contribution in [3.05, 3.63) is 65.7 Å². The molecule has 186 valence electrons. The number of rotatable bonds is 4. The number of benzene rings is 1. The molecule has 3 aromatic rings. The third-order valence-corrected chi connectivity index (χ3v) is 7.88. The summed E-state index contributed by atoms with van der Waals surface area (Å²) in [5.74, 6) is 7.79. The number of pyridine rings is 2. The van der Waals surface area contributed by atoms with Crippen LogP contribution in [0.2, 0.25) is 0 Å². The predicted octanol–water partition coefficient (Wildman–Crippen LogP) is 5.69. The Hall–Kier alpha value is -3.30. The zero-order valence-corrected chi connectivity index (χ0v) is 21.0. The summed E-state index contributed by atoms with van der Waals surface area (Å²) in [5, 5.41) is 13.6. The molecule has 5 atom stereocenters. The molecule has 2 aliphatic rings. The molecule has 2 aliphatic carbocycles. The van der Waals surface area contributed by atoms with Gasteiger partial charge in [0.25, 0.3) is 0 Å². The fourth-order valence-electron chi connectivity index (χ4n) is 6.04. The summed E-state index contributed by atoms with van der Waals surface area (Å²) in [6.07, 6.45) is 7.70. The molecule has 36 heavy (non-hydrogen) atoms. The van der Waals surface area contributed by atoms with Crippen LogP contribution in [0.3, 0.4) is 0 Å². The Morgan fingerprint density at radius 1 is 1.11 bits per heavy atom. The third-order valence-electron chi connectivity index (χ3n) is 7.88. The highest BCUT2D eigenvalue weighted by Gasteiger charge is 2.44. The fourth-order valence-corrected chi connectivity index (χ4v) is 6.04. The van der Waals surface area contributed by atoms with E-state index in [0.717, 1.165) is 36.6 Å². The predicted molar refractivity (Wildman–Crippen MR) is 139 cm³/mol. The minimum Gasteiger partial charge on any atom is -0.378 e. The van der Waals surface area contributed by atoms with Gasteiger partial charge >= 0.3 is 0 Å². The zero-order chi connectivity index (χ0) is 25.4. The largest absolute Gasteiger partial charge is 0.378 e. The second-order valence-corrected chi connectivity index (χ2v) is 11.0. The summed E-state index contributed by atoms with van der Waals surface area (Å²) >= 11 is 0. The molecule has 2 unspecified atom stereocenters. The summed E-state index contributed by atoms with van der Waals surface area (Å²) in [7, 11) is 0. The molecule has 0 bridgehead atoms. The maximum absolute atomic E-state index is 13.9. The minimum absolute atomic E-state index is 0.00467. The highest BCUT2D eigenvalue weighted by Crippen LogP contribution is 2.54.